The predicted molar refractivity (Wildman–Crippen MR) is 82.8 cm³/mol. The summed E-state index contributed by atoms with van der Waals surface area (Å²) >= 11 is 1.78. The van der Waals surface area contributed by atoms with Gasteiger partial charge in [0.05, 0.1) is 0 Å². The highest BCUT2D eigenvalue weighted by atomic mass is 32.1. The van der Waals surface area contributed by atoms with Crippen molar-refractivity contribution in [2.45, 2.75) is 25.9 Å². The SMILES string of the molecule is Cc1cscc1NC1CCN(Cc2ccccc2)C1. The molecule has 3 rings (SSSR count). The highest BCUT2D eigenvalue weighted by molar-refractivity contribution is 7.08. The summed E-state index contributed by atoms with van der Waals surface area (Å²) in [5.41, 5.74) is 4.10. The van der Waals surface area contributed by atoms with E-state index >= 15 is 0 Å². The highest BCUT2D eigenvalue weighted by Gasteiger charge is 2.22. The molecule has 1 atom stereocenters. The molecule has 1 aliphatic heterocycles. The van der Waals surface area contributed by atoms with Crippen molar-refractivity contribution in [3.8, 4) is 0 Å². The Kier molecular flexibility index (Phi) is 3.85. The lowest BCUT2D eigenvalue weighted by Crippen LogP contribution is -2.26. The number of nitrogens with zero attached hydrogens (tertiary/aromatic N) is 1. The van der Waals surface area contributed by atoms with Crippen molar-refractivity contribution in [3.05, 3.63) is 52.2 Å². The maximum Gasteiger partial charge on any atom is 0.0481 e. The first-order valence-electron chi connectivity index (χ1n) is 6.87. The molecule has 2 nitrogen and oxygen atoms in total. The molecule has 1 aromatic carbocycles. The van der Waals surface area contributed by atoms with E-state index in [0.29, 0.717) is 6.04 Å². The monoisotopic (exact) mass is 272 g/mol. The number of benzene rings is 1. The number of thiophene rings is 1. The Morgan fingerprint density at radius 3 is 2.84 bits per heavy atom. The molecule has 0 spiro atoms. The Morgan fingerprint density at radius 1 is 1.26 bits per heavy atom. The standard InChI is InChI=1S/C16H20N2S/c1-13-11-19-12-16(13)17-15-7-8-18(10-15)9-14-5-3-2-4-6-14/h2-6,11-12,15,17H,7-10H2,1H3. The van der Waals surface area contributed by atoms with Gasteiger partial charge in [-0.2, -0.15) is 0 Å². The Bertz CT molecular complexity index is 521. The van der Waals surface area contributed by atoms with Crippen molar-refractivity contribution < 1.29 is 0 Å². The van der Waals surface area contributed by atoms with Crippen LogP contribution >= 0.6 is 11.3 Å². The topological polar surface area (TPSA) is 15.3 Å². The highest BCUT2D eigenvalue weighted by Crippen LogP contribution is 2.23. The van der Waals surface area contributed by atoms with Crippen molar-refractivity contribution in [1.82, 2.24) is 4.90 Å². The van der Waals surface area contributed by atoms with Gasteiger partial charge in [-0.25, -0.2) is 0 Å². The first kappa shape index (κ1) is 12.7. The zero-order chi connectivity index (χ0) is 13.1. The number of rotatable bonds is 4. The van der Waals surface area contributed by atoms with E-state index in [0.717, 1.165) is 13.1 Å². The van der Waals surface area contributed by atoms with E-state index in [9.17, 15) is 0 Å². The summed E-state index contributed by atoms with van der Waals surface area (Å²) in [5.74, 6) is 0. The van der Waals surface area contributed by atoms with Gasteiger partial charge in [0.1, 0.15) is 0 Å². The Morgan fingerprint density at radius 2 is 2.11 bits per heavy atom. The zero-order valence-electron chi connectivity index (χ0n) is 11.3. The lowest BCUT2D eigenvalue weighted by Gasteiger charge is -2.17. The molecule has 0 aliphatic carbocycles. The van der Waals surface area contributed by atoms with Crippen LogP contribution in [0.2, 0.25) is 0 Å². The molecule has 100 valence electrons. The van der Waals surface area contributed by atoms with Gasteiger partial charge in [-0.15, -0.1) is 11.3 Å². The van der Waals surface area contributed by atoms with Gasteiger partial charge in [-0.05, 0) is 29.9 Å². The fourth-order valence-electron chi connectivity index (χ4n) is 2.66. The summed E-state index contributed by atoms with van der Waals surface area (Å²) in [6, 6.07) is 11.3. The van der Waals surface area contributed by atoms with Crippen molar-refractivity contribution in [1.29, 1.82) is 0 Å². The van der Waals surface area contributed by atoms with Crippen molar-refractivity contribution in [2.24, 2.45) is 0 Å². The van der Waals surface area contributed by atoms with Crippen molar-refractivity contribution in [3.63, 3.8) is 0 Å². The number of aryl methyl sites for hydroxylation is 1. The van der Waals surface area contributed by atoms with Gasteiger partial charge in [0.2, 0.25) is 0 Å². The molecule has 0 saturated carbocycles. The summed E-state index contributed by atoms with van der Waals surface area (Å²) in [5, 5.41) is 8.10. The molecule has 3 heteroatoms. The second-order valence-corrected chi connectivity index (χ2v) is 6.06. The Balaban J connectivity index is 1.54. The molecule has 1 aliphatic rings. The van der Waals surface area contributed by atoms with Gasteiger partial charge >= 0.3 is 0 Å². The lowest BCUT2D eigenvalue weighted by atomic mass is 10.2. The Hall–Kier alpha value is -1.32. The molecule has 1 unspecified atom stereocenters. The minimum Gasteiger partial charge on any atom is -0.380 e. The van der Waals surface area contributed by atoms with Crippen LogP contribution < -0.4 is 5.32 Å². The molecule has 1 N–H and O–H groups in total. The molecular weight excluding hydrogens is 252 g/mol. The summed E-state index contributed by atoms with van der Waals surface area (Å²) < 4.78 is 0. The van der Waals surface area contributed by atoms with Gasteiger partial charge in [0.25, 0.3) is 0 Å². The minimum atomic E-state index is 0.594. The number of hydrogen-bond donors (Lipinski definition) is 1. The molecule has 19 heavy (non-hydrogen) atoms. The normalized spacial score (nSPS) is 19.7. The van der Waals surface area contributed by atoms with E-state index < -0.39 is 0 Å². The molecule has 1 fully saturated rings. The number of hydrogen-bond acceptors (Lipinski definition) is 3. The smallest absolute Gasteiger partial charge is 0.0481 e. The molecule has 2 heterocycles. The molecule has 2 aromatic rings. The predicted octanol–water partition coefficient (Wildman–Crippen LogP) is 3.74. The number of anilines is 1. The van der Waals surface area contributed by atoms with Gasteiger partial charge in [-0.1, -0.05) is 30.3 Å². The van der Waals surface area contributed by atoms with E-state index in [1.54, 1.807) is 11.3 Å². The summed E-state index contributed by atoms with van der Waals surface area (Å²) in [6.07, 6.45) is 1.24. The quantitative estimate of drug-likeness (QED) is 0.912. The summed E-state index contributed by atoms with van der Waals surface area (Å²) in [4.78, 5) is 2.54. The van der Waals surface area contributed by atoms with Crippen LogP contribution in [0, 0.1) is 6.92 Å². The van der Waals surface area contributed by atoms with Crippen LogP contribution in [0.1, 0.15) is 17.5 Å². The van der Waals surface area contributed by atoms with Crippen LogP contribution in [0.25, 0.3) is 0 Å². The minimum absolute atomic E-state index is 0.594. The number of likely N-dealkylation sites (tertiary alicyclic amines) is 1. The van der Waals surface area contributed by atoms with E-state index in [-0.39, 0.29) is 0 Å². The third-order valence-electron chi connectivity index (χ3n) is 3.74. The molecular formula is C16H20N2S. The molecule has 0 amide bonds. The second-order valence-electron chi connectivity index (χ2n) is 5.32. The van der Waals surface area contributed by atoms with E-state index in [1.807, 2.05) is 0 Å². The van der Waals surface area contributed by atoms with Crippen LogP contribution in [0.3, 0.4) is 0 Å². The largest absolute Gasteiger partial charge is 0.380 e. The van der Waals surface area contributed by atoms with Crippen LogP contribution in [0.15, 0.2) is 41.1 Å². The van der Waals surface area contributed by atoms with Crippen LogP contribution in [-0.2, 0) is 6.54 Å². The number of nitrogens with one attached hydrogen (secondary N) is 1. The van der Waals surface area contributed by atoms with E-state index in [1.165, 1.54) is 29.8 Å². The van der Waals surface area contributed by atoms with Crippen LogP contribution in [0.5, 0.6) is 0 Å². The molecule has 0 radical (unpaired) electrons. The van der Waals surface area contributed by atoms with Crippen LogP contribution in [0.4, 0.5) is 5.69 Å². The van der Waals surface area contributed by atoms with Gasteiger partial charge in [0.15, 0.2) is 0 Å². The average molecular weight is 272 g/mol. The van der Waals surface area contributed by atoms with Gasteiger partial charge in [-0.3, -0.25) is 4.90 Å². The fourth-order valence-corrected chi connectivity index (χ4v) is 3.45. The van der Waals surface area contributed by atoms with Crippen LogP contribution in [-0.4, -0.2) is 24.0 Å². The van der Waals surface area contributed by atoms with E-state index in [2.05, 4.69) is 58.2 Å². The molecule has 1 saturated heterocycles. The summed E-state index contributed by atoms with van der Waals surface area (Å²) in [7, 11) is 0. The van der Waals surface area contributed by atoms with Crippen molar-refractivity contribution in [2.75, 3.05) is 18.4 Å². The first-order valence-corrected chi connectivity index (χ1v) is 7.81. The lowest BCUT2D eigenvalue weighted by molar-refractivity contribution is 0.328. The maximum absolute atomic E-state index is 3.67. The third-order valence-corrected chi connectivity index (χ3v) is 4.60. The molecule has 0 bridgehead atoms. The third kappa shape index (κ3) is 3.17. The zero-order valence-corrected chi connectivity index (χ0v) is 12.1. The van der Waals surface area contributed by atoms with Crippen molar-refractivity contribution >= 4 is 17.0 Å². The second kappa shape index (κ2) is 5.76. The summed E-state index contributed by atoms with van der Waals surface area (Å²) in [6.45, 7) is 5.58. The maximum atomic E-state index is 3.67. The Labute approximate surface area is 119 Å². The van der Waals surface area contributed by atoms with E-state index in [4.69, 9.17) is 0 Å². The van der Waals surface area contributed by atoms with Gasteiger partial charge < -0.3 is 5.32 Å². The first-order chi connectivity index (χ1) is 9.31. The molecule has 1 aromatic heterocycles. The fraction of sp³-hybridized carbons (Fsp3) is 0.375. The van der Waals surface area contributed by atoms with Gasteiger partial charge in [0, 0.05) is 36.7 Å². The average Bonchev–Trinajstić information content (AvgIpc) is 3.02.